The van der Waals surface area contributed by atoms with Gasteiger partial charge in [0, 0.05) is 6.07 Å². The average molecular weight is 283 g/mol. The standard InChI is InChI=1S/C13H12F3N3O/c1-20-11-6-5-10(18-19-11)12(17)8-3-2-4-9(7-8)13(14,15)16/h2-7,12H,17H2,1H3. The molecule has 2 N–H and O–H groups in total. The summed E-state index contributed by atoms with van der Waals surface area (Å²) in [5.41, 5.74) is 5.85. The van der Waals surface area contributed by atoms with Crippen molar-refractivity contribution >= 4 is 0 Å². The van der Waals surface area contributed by atoms with E-state index in [1.807, 2.05) is 0 Å². The first-order valence-corrected chi connectivity index (χ1v) is 5.72. The van der Waals surface area contributed by atoms with Gasteiger partial charge in [0.2, 0.25) is 5.88 Å². The lowest BCUT2D eigenvalue weighted by Crippen LogP contribution is -2.15. The number of alkyl halides is 3. The fourth-order valence-electron chi connectivity index (χ4n) is 1.68. The Balaban J connectivity index is 2.30. The first-order chi connectivity index (χ1) is 9.41. The Bertz CT molecular complexity index is 584. The highest BCUT2D eigenvalue weighted by atomic mass is 19.4. The van der Waals surface area contributed by atoms with Crippen LogP contribution in [0, 0.1) is 0 Å². The van der Waals surface area contributed by atoms with Crippen molar-refractivity contribution in [2.24, 2.45) is 5.73 Å². The summed E-state index contributed by atoms with van der Waals surface area (Å²) in [7, 11) is 1.44. The molecule has 1 unspecified atom stereocenters. The number of halogens is 3. The van der Waals surface area contributed by atoms with E-state index in [0.717, 1.165) is 12.1 Å². The van der Waals surface area contributed by atoms with Crippen LogP contribution in [0.15, 0.2) is 36.4 Å². The van der Waals surface area contributed by atoms with Gasteiger partial charge in [-0.15, -0.1) is 10.2 Å². The lowest BCUT2D eigenvalue weighted by Gasteiger charge is -2.13. The Morgan fingerprint density at radius 2 is 1.90 bits per heavy atom. The van der Waals surface area contributed by atoms with Gasteiger partial charge in [-0.1, -0.05) is 12.1 Å². The molecular formula is C13H12F3N3O. The second kappa shape index (κ2) is 5.46. The van der Waals surface area contributed by atoms with Gasteiger partial charge < -0.3 is 10.5 Å². The van der Waals surface area contributed by atoms with Crippen molar-refractivity contribution in [2.45, 2.75) is 12.2 Å². The smallest absolute Gasteiger partial charge is 0.416 e. The van der Waals surface area contributed by atoms with Crippen LogP contribution in [-0.2, 0) is 6.18 Å². The summed E-state index contributed by atoms with van der Waals surface area (Å²) in [5.74, 6) is 0.310. The number of hydrogen-bond acceptors (Lipinski definition) is 4. The average Bonchev–Trinajstić information content (AvgIpc) is 2.46. The number of benzene rings is 1. The molecule has 1 aromatic heterocycles. The van der Waals surface area contributed by atoms with Crippen molar-refractivity contribution in [3.63, 3.8) is 0 Å². The summed E-state index contributed by atoms with van der Waals surface area (Å²) < 4.78 is 42.8. The largest absolute Gasteiger partial charge is 0.480 e. The van der Waals surface area contributed by atoms with Crippen LogP contribution in [0.1, 0.15) is 22.9 Å². The highest BCUT2D eigenvalue weighted by Crippen LogP contribution is 2.31. The molecule has 0 aliphatic carbocycles. The van der Waals surface area contributed by atoms with E-state index >= 15 is 0 Å². The highest BCUT2D eigenvalue weighted by molar-refractivity contribution is 5.32. The van der Waals surface area contributed by atoms with Crippen molar-refractivity contribution < 1.29 is 17.9 Å². The van der Waals surface area contributed by atoms with Crippen LogP contribution in [0.4, 0.5) is 13.2 Å². The van der Waals surface area contributed by atoms with Crippen LogP contribution in [-0.4, -0.2) is 17.3 Å². The molecule has 106 valence electrons. The molecule has 0 saturated carbocycles. The van der Waals surface area contributed by atoms with E-state index < -0.39 is 17.8 Å². The number of methoxy groups -OCH3 is 1. The SMILES string of the molecule is COc1ccc(C(N)c2cccc(C(F)(F)F)c2)nn1. The number of nitrogens with zero attached hydrogens (tertiary/aromatic N) is 2. The number of hydrogen-bond donors (Lipinski definition) is 1. The molecule has 0 bridgehead atoms. The van der Waals surface area contributed by atoms with Gasteiger partial charge in [0.25, 0.3) is 0 Å². The summed E-state index contributed by atoms with van der Waals surface area (Å²) in [6.07, 6.45) is -4.40. The molecule has 0 fully saturated rings. The first kappa shape index (κ1) is 14.3. The Hall–Kier alpha value is -2.15. The maximum Gasteiger partial charge on any atom is 0.416 e. The first-order valence-electron chi connectivity index (χ1n) is 5.72. The second-order valence-electron chi connectivity index (χ2n) is 4.10. The second-order valence-corrected chi connectivity index (χ2v) is 4.10. The van der Waals surface area contributed by atoms with Gasteiger partial charge in [-0.05, 0) is 23.8 Å². The molecule has 4 nitrogen and oxygen atoms in total. The number of nitrogens with two attached hydrogens (primary N) is 1. The van der Waals surface area contributed by atoms with Crippen LogP contribution in [0.25, 0.3) is 0 Å². The Kier molecular flexibility index (Phi) is 3.89. The molecule has 0 amide bonds. The van der Waals surface area contributed by atoms with E-state index in [9.17, 15) is 13.2 Å². The van der Waals surface area contributed by atoms with Crippen LogP contribution in [0.5, 0.6) is 5.88 Å². The Labute approximate surface area is 113 Å². The lowest BCUT2D eigenvalue weighted by atomic mass is 10.0. The minimum absolute atomic E-state index is 0.310. The minimum atomic E-state index is -4.40. The van der Waals surface area contributed by atoms with Gasteiger partial charge >= 0.3 is 6.18 Å². The molecule has 0 aliphatic rings. The van der Waals surface area contributed by atoms with Gasteiger partial charge in [0.05, 0.1) is 24.4 Å². The van der Waals surface area contributed by atoms with Gasteiger partial charge in [-0.3, -0.25) is 0 Å². The molecule has 1 aromatic carbocycles. The Morgan fingerprint density at radius 3 is 2.45 bits per heavy atom. The molecule has 0 spiro atoms. The van der Waals surface area contributed by atoms with Crippen LogP contribution in [0.3, 0.4) is 0 Å². The summed E-state index contributed by atoms with van der Waals surface area (Å²) in [5, 5.41) is 7.58. The summed E-state index contributed by atoms with van der Waals surface area (Å²) >= 11 is 0. The van der Waals surface area contributed by atoms with Gasteiger partial charge in [0.15, 0.2) is 0 Å². The molecule has 2 aromatic rings. The zero-order chi connectivity index (χ0) is 14.8. The maximum atomic E-state index is 12.6. The third-order valence-corrected chi connectivity index (χ3v) is 2.76. The van der Waals surface area contributed by atoms with E-state index in [0.29, 0.717) is 17.1 Å². The fraction of sp³-hybridized carbons (Fsp3) is 0.231. The number of ether oxygens (including phenoxy) is 1. The molecular weight excluding hydrogens is 271 g/mol. The van der Waals surface area contributed by atoms with E-state index in [1.165, 1.54) is 19.2 Å². The summed E-state index contributed by atoms with van der Waals surface area (Å²) in [6, 6.07) is 7.18. The van der Waals surface area contributed by atoms with E-state index in [4.69, 9.17) is 10.5 Å². The van der Waals surface area contributed by atoms with Crippen molar-refractivity contribution in [1.82, 2.24) is 10.2 Å². The molecule has 2 rings (SSSR count). The molecule has 0 saturated heterocycles. The number of aromatic nitrogens is 2. The van der Waals surface area contributed by atoms with Crippen molar-refractivity contribution in [3.05, 3.63) is 53.2 Å². The molecule has 7 heteroatoms. The van der Waals surface area contributed by atoms with Crippen LogP contribution < -0.4 is 10.5 Å². The fourth-order valence-corrected chi connectivity index (χ4v) is 1.68. The third kappa shape index (κ3) is 3.05. The molecule has 0 aliphatic heterocycles. The van der Waals surface area contributed by atoms with Crippen molar-refractivity contribution in [1.29, 1.82) is 0 Å². The van der Waals surface area contributed by atoms with E-state index in [2.05, 4.69) is 10.2 Å². The quantitative estimate of drug-likeness (QED) is 0.940. The predicted molar refractivity (Wildman–Crippen MR) is 66.1 cm³/mol. The van der Waals surface area contributed by atoms with Crippen molar-refractivity contribution in [2.75, 3.05) is 7.11 Å². The van der Waals surface area contributed by atoms with E-state index in [-0.39, 0.29) is 0 Å². The molecule has 1 atom stereocenters. The molecule has 20 heavy (non-hydrogen) atoms. The van der Waals surface area contributed by atoms with Gasteiger partial charge in [-0.25, -0.2) is 0 Å². The van der Waals surface area contributed by atoms with Crippen LogP contribution in [0.2, 0.25) is 0 Å². The molecule has 0 radical (unpaired) electrons. The highest BCUT2D eigenvalue weighted by Gasteiger charge is 2.30. The summed E-state index contributed by atoms with van der Waals surface area (Å²) in [4.78, 5) is 0. The van der Waals surface area contributed by atoms with Gasteiger partial charge in [-0.2, -0.15) is 13.2 Å². The maximum absolute atomic E-state index is 12.6. The topological polar surface area (TPSA) is 61.0 Å². The third-order valence-electron chi connectivity index (χ3n) is 2.76. The normalized spacial score (nSPS) is 13.1. The lowest BCUT2D eigenvalue weighted by molar-refractivity contribution is -0.137. The summed E-state index contributed by atoms with van der Waals surface area (Å²) in [6.45, 7) is 0. The zero-order valence-electron chi connectivity index (χ0n) is 10.6. The zero-order valence-corrected chi connectivity index (χ0v) is 10.6. The monoisotopic (exact) mass is 283 g/mol. The minimum Gasteiger partial charge on any atom is -0.480 e. The number of rotatable bonds is 3. The van der Waals surface area contributed by atoms with Crippen molar-refractivity contribution in [3.8, 4) is 5.88 Å². The van der Waals surface area contributed by atoms with Crippen LogP contribution >= 0.6 is 0 Å². The molecule has 1 heterocycles. The predicted octanol–water partition coefficient (Wildman–Crippen LogP) is 2.55. The van der Waals surface area contributed by atoms with Gasteiger partial charge in [0.1, 0.15) is 0 Å². The Morgan fingerprint density at radius 1 is 1.15 bits per heavy atom. The van der Waals surface area contributed by atoms with E-state index in [1.54, 1.807) is 12.1 Å².